The molecule has 0 aromatic carbocycles. The highest BCUT2D eigenvalue weighted by Crippen LogP contribution is 2.44. The van der Waals surface area contributed by atoms with E-state index >= 15 is 0 Å². The van der Waals surface area contributed by atoms with Gasteiger partial charge in [0.15, 0.2) is 11.6 Å². The smallest absolute Gasteiger partial charge is 0.418 e. The highest BCUT2D eigenvalue weighted by molar-refractivity contribution is 7.87. The minimum atomic E-state index is -5.01. The molecule has 3 heterocycles. The maximum atomic E-state index is 12.9. The van der Waals surface area contributed by atoms with Crippen LogP contribution in [0.1, 0.15) is 44.1 Å². The molecule has 2 amide bonds. The van der Waals surface area contributed by atoms with Gasteiger partial charge in [-0.15, -0.1) is 8.57 Å². The van der Waals surface area contributed by atoms with E-state index in [1.807, 2.05) is 0 Å². The van der Waals surface area contributed by atoms with Crippen LogP contribution in [0.25, 0.3) is 0 Å². The first kappa shape index (κ1) is 25.8. The van der Waals surface area contributed by atoms with Crippen LogP contribution in [0.2, 0.25) is 0 Å². The second-order valence-electron chi connectivity index (χ2n) is 8.37. The molecule has 3 rings (SSSR count). The number of ether oxygens (including phenoxy) is 1. The van der Waals surface area contributed by atoms with Gasteiger partial charge in [0, 0.05) is 19.7 Å². The number of aromatic nitrogens is 2. The predicted molar refractivity (Wildman–Crippen MR) is 112 cm³/mol. The first-order valence-corrected chi connectivity index (χ1v) is 12.6. The van der Waals surface area contributed by atoms with Gasteiger partial charge >= 0.3 is 22.4 Å². The Morgan fingerprint density at radius 3 is 2.53 bits per heavy atom. The lowest BCUT2D eigenvalue weighted by atomic mass is 9.97. The number of amidine groups is 1. The van der Waals surface area contributed by atoms with Gasteiger partial charge in [-0.3, -0.25) is 19.0 Å². The lowest BCUT2D eigenvalue weighted by Crippen LogP contribution is -2.45. The maximum absolute atomic E-state index is 12.9. The van der Waals surface area contributed by atoms with E-state index in [0.29, 0.717) is 16.3 Å². The number of rotatable bonds is 7. The zero-order chi connectivity index (χ0) is 25.6. The van der Waals surface area contributed by atoms with Crippen LogP contribution in [0.15, 0.2) is 11.2 Å². The van der Waals surface area contributed by atoms with Crippen LogP contribution in [-0.4, -0.2) is 83.9 Å². The molecule has 0 spiro atoms. The molecule has 2 aliphatic heterocycles. The standard InChI is InChI=1S/C16H24N6O10S2/c1-16(2,3)30-11(23)8-33(25,26)31-19-14(17-4)13-12-9(6-18-20(12)5)10-7-21(13)15(24)22(10)32-34(27,28)29/h6,10,13H,7-8H2,1-5H3,(H,17,19)(H,27,28,29)/t10-,13-/m0/s1. The van der Waals surface area contributed by atoms with Crippen molar-refractivity contribution in [2.24, 2.45) is 12.0 Å². The number of nitrogens with zero attached hydrogens (tertiary/aromatic N) is 5. The van der Waals surface area contributed by atoms with E-state index in [4.69, 9.17) is 13.6 Å². The second kappa shape index (κ2) is 8.77. The molecule has 190 valence electrons. The molecule has 34 heavy (non-hydrogen) atoms. The maximum Gasteiger partial charge on any atom is 0.418 e. The number of fused-ring (bicyclic) bond motifs is 4. The van der Waals surface area contributed by atoms with Crippen LogP contribution in [0, 0.1) is 0 Å². The molecule has 2 aliphatic rings. The van der Waals surface area contributed by atoms with Gasteiger partial charge in [0.2, 0.25) is 0 Å². The third kappa shape index (κ3) is 5.46. The van der Waals surface area contributed by atoms with Crippen LogP contribution >= 0.6 is 0 Å². The molecule has 1 fully saturated rings. The Morgan fingerprint density at radius 1 is 1.32 bits per heavy atom. The molecule has 0 unspecified atom stereocenters. The van der Waals surface area contributed by atoms with Gasteiger partial charge < -0.3 is 9.64 Å². The van der Waals surface area contributed by atoms with Gasteiger partial charge in [-0.2, -0.15) is 27.0 Å². The summed E-state index contributed by atoms with van der Waals surface area (Å²) >= 11 is 0. The average molecular weight is 525 g/mol. The summed E-state index contributed by atoms with van der Waals surface area (Å²) in [7, 11) is -6.65. The van der Waals surface area contributed by atoms with E-state index in [2.05, 4.69) is 19.9 Å². The SMILES string of the molecule is CN=C(NOS(=O)(=O)CC(=O)OC(C)(C)C)[C@@H]1c2c(cnn2C)[C@@H]2CN1C(=O)N2OS(=O)(=O)O. The summed E-state index contributed by atoms with van der Waals surface area (Å²) in [4.78, 5) is 29.8. The quantitative estimate of drug-likeness (QED) is 0.148. The zero-order valence-electron chi connectivity index (χ0n) is 18.8. The summed E-state index contributed by atoms with van der Waals surface area (Å²) in [6, 6.07) is -2.96. The minimum absolute atomic E-state index is 0.0942. The molecule has 1 saturated heterocycles. The van der Waals surface area contributed by atoms with Gasteiger partial charge in [-0.1, -0.05) is 0 Å². The number of hydrogen-bond donors (Lipinski definition) is 2. The molecule has 16 nitrogen and oxygen atoms in total. The Kier molecular flexibility index (Phi) is 6.66. The van der Waals surface area contributed by atoms with Crippen molar-refractivity contribution in [1.82, 2.24) is 25.2 Å². The van der Waals surface area contributed by atoms with Crippen LogP contribution in [0.3, 0.4) is 0 Å². The topological polar surface area (TPSA) is 199 Å². The number of aliphatic imine (C=N–C) groups is 1. The summed E-state index contributed by atoms with van der Waals surface area (Å²) < 4.78 is 71.6. The first-order valence-electron chi connectivity index (χ1n) is 9.67. The third-order valence-corrected chi connectivity index (χ3v) is 5.97. The fraction of sp³-hybridized carbons (Fsp3) is 0.625. The highest BCUT2D eigenvalue weighted by Gasteiger charge is 2.53. The van der Waals surface area contributed by atoms with Crippen LogP contribution in [0.5, 0.6) is 0 Å². The fourth-order valence-corrected chi connectivity index (χ4v) is 4.57. The highest BCUT2D eigenvalue weighted by atomic mass is 32.3. The van der Waals surface area contributed by atoms with Crippen molar-refractivity contribution in [2.45, 2.75) is 38.5 Å². The lowest BCUT2D eigenvalue weighted by molar-refractivity contribution is -0.151. The van der Waals surface area contributed by atoms with E-state index in [0.717, 1.165) is 4.90 Å². The molecule has 0 aliphatic carbocycles. The van der Waals surface area contributed by atoms with E-state index in [1.54, 1.807) is 27.8 Å². The molecule has 2 bridgehead atoms. The Balaban J connectivity index is 1.85. The summed E-state index contributed by atoms with van der Waals surface area (Å²) in [6.45, 7) is 4.62. The predicted octanol–water partition coefficient (Wildman–Crippen LogP) is -0.791. The Morgan fingerprint density at radius 2 is 1.97 bits per heavy atom. The number of urea groups is 1. The average Bonchev–Trinajstić information content (AvgIpc) is 3.15. The number of nitrogens with one attached hydrogen (secondary N) is 1. The lowest BCUT2D eigenvalue weighted by Gasteiger charge is -2.31. The summed E-state index contributed by atoms with van der Waals surface area (Å²) in [5.74, 6) is -2.29. The van der Waals surface area contributed by atoms with Crippen molar-refractivity contribution < 1.29 is 44.3 Å². The van der Waals surface area contributed by atoms with Crippen molar-refractivity contribution in [3.63, 3.8) is 0 Å². The Labute approximate surface area is 195 Å². The largest absolute Gasteiger partial charge is 0.459 e. The van der Waals surface area contributed by atoms with Crippen molar-refractivity contribution in [2.75, 3.05) is 19.3 Å². The van der Waals surface area contributed by atoms with E-state index in [1.165, 1.54) is 17.9 Å². The molecule has 18 heteroatoms. The second-order valence-corrected chi connectivity index (χ2v) is 10.9. The number of carbonyl (C=O) groups excluding carboxylic acids is 2. The number of esters is 1. The molecule has 2 N–H and O–H groups in total. The zero-order valence-corrected chi connectivity index (χ0v) is 20.5. The third-order valence-electron chi connectivity index (χ3n) is 4.69. The molecule has 1 aromatic heterocycles. The van der Waals surface area contributed by atoms with Gasteiger partial charge in [0.25, 0.3) is 10.1 Å². The molecule has 2 atom stereocenters. The number of hydroxylamine groups is 3. The first-order chi connectivity index (χ1) is 15.5. The monoisotopic (exact) mass is 524 g/mol. The normalized spacial score (nSPS) is 21.0. The van der Waals surface area contributed by atoms with Crippen LogP contribution < -0.4 is 5.48 Å². The molecular formula is C16H24N6O10S2. The van der Waals surface area contributed by atoms with Crippen molar-refractivity contribution in [3.05, 3.63) is 17.5 Å². The van der Waals surface area contributed by atoms with E-state index in [9.17, 15) is 26.4 Å². The Bertz CT molecular complexity index is 1230. The number of hydrogen-bond acceptors (Lipinski definition) is 11. The molecule has 0 saturated carbocycles. The number of carbonyl (C=O) groups is 2. The molecule has 1 aromatic rings. The van der Waals surface area contributed by atoms with Gasteiger partial charge in [-0.25, -0.2) is 10.3 Å². The molecule has 0 radical (unpaired) electrons. The van der Waals surface area contributed by atoms with Gasteiger partial charge in [0.1, 0.15) is 17.7 Å². The molecular weight excluding hydrogens is 500 g/mol. The Hall–Kier alpha value is -2.80. The number of amides is 2. The minimum Gasteiger partial charge on any atom is -0.459 e. The van der Waals surface area contributed by atoms with E-state index < -0.39 is 56.0 Å². The summed E-state index contributed by atoms with van der Waals surface area (Å²) in [5, 5.41) is 4.58. The van der Waals surface area contributed by atoms with Gasteiger partial charge in [0.05, 0.1) is 18.4 Å². The van der Waals surface area contributed by atoms with Crippen molar-refractivity contribution in [1.29, 1.82) is 0 Å². The summed E-state index contributed by atoms with van der Waals surface area (Å²) in [6.07, 6.45) is 1.37. The van der Waals surface area contributed by atoms with Crippen molar-refractivity contribution in [3.8, 4) is 0 Å². The fourth-order valence-electron chi connectivity index (χ4n) is 3.58. The van der Waals surface area contributed by atoms with Crippen LogP contribution in [0.4, 0.5) is 4.79 Å². The van der Waals surface area contributed by atoms with E-state index in [-0.39, 0.29) is 12.4 Å². The number of aryl methyl sites for hydroxylation is 1. The summed E-state index contributed by atoms with van der Waals surface area (Å²) in [5.41, 5.74) is 1.99. The van der Waals surface area contributed by atoms with Crippen LogP contribution in [-0.2, 0) is 45.7 Å². The van der Waals surface area contributed by atoms with Gasteiger partial charge in [-0.05, 0) is 20.8 Å². The van der Waals surface area contributed by atoms with Crippen molar-refractivity contribution >= 4 is 38.4 Å².